The van der Waals surface area contributed by atoms with Gasteiger partial charge in [-0.1, -0.05) is 24.3 Å². The Balaban J connectivity index is 1.89. The SMILES string of the molecule is CC(NCc1ccc(O)cc1)c1ccc(OCC#N)cc1. The molecule has 2 rings (SSSR count). The average molecular weight is 282 g/mol. The number of hydrogen-bond donors (Lipinski definition) is 2. The van der Waals surface area contributed by atoms with E-state index in [9.17, 15) is 5.11 Å². The van der Waals surface area contributed by atoms with Crippen LogP contribution in [0.4, 0.5) is 0 Å². The van der Waals surface area contributed by atoms with Gasteiger partial charge in [0.2, 0.25) is 0 Å². The van der Waals surface area contributed by atoms with Crippen LogP contribution in [0.15, 0.2) is 48.5 Å². The fourth-order valence-electron chi connectivity index (χ4n) is 1.97. The van der Waals surface area contributed by atoms with Crippen LogP contribution >= 0.6 is 0 Å². The molecular formula is C17H18N2O2. The van der Waals surface area contributed by atoms with E-state index >= 15 is 0 Å². The van der Waals surface area contributed by atoms with Gasteiger partial charge in [-0.05, 0) is 42.3 Å². The molecule has 1 unspecified atom stereocenters. The number of nitrogens with zero attached hydrogens (tertiary/aromatic N) is 1. The Morgan fingerprint density at radius 2 is 1.81 bits per heavy atom. The molecule has 0 spiro atoms. The maximum Gasteiger partial charge on any atom is 0.174 e. The maximum absolute atomic E-state index is 9.25. The smallest absolute Gasteiger partial charge is 0.174 e. The van der Waals surface area contributed by atoms with Crippen molar-refractivity contribution in [3.05, 3.63) is 59.7 Å². The molecule has 0 aromatic heterocycles. The average Bonchev–Trinajstić information content (AvgIpc) is 2.52. The number of phenolic OH excluding ortho intramolecular Hbond substituents is 1. The molecule has 0 aliphatic carbocycles. The minimum absolute atomic E-state index is 0.0635. The zero-order valence-corrected chi connectivity index (χ0v) is 11.9. The third-order valence-electron chi connectivity index (χ3n) is 3.23. The summed E-state index contributed by atoms with van der Waals surface area (Å²) < 4.78 is 5.23. The number of nitriles is 1. The minimum Gasteiger partial charge on any atom is -0.508 e. The van der Waals surface area contributed by atoms with Crippen molar-refractivity contribution in [1.82, 2.24) is 5.32 Å². The fourth-order valence-corrected chi connectivity index (χ4v) is 1.97. The highest BCUT2D eigenvalue weighted by Gasteiger charge is 2.05. The fraction of sp³-hybridized carbons (Fsp3) is 0.235. The Labute approximate surface area is 124 Å². The summed E-state index contributed by atoms with van der Waals surface area (Å²) in [6.45, 7) is 2.88. The minimum atomic E-state index is 0.0635. The van der Waals surface area contributed by atoms with E-state index in [0.717, 1.165) is 17.7 Å². The second-order valence-corrected chi connectivity index (χ2v) is 4.78. The van der Waals surface area contributed by atoms with Crippen LogP contribution in [0.3, 0.4) is 0 Å². The summed E-state index contributed by atoms with van der Waals surface area (Å²) in [6, 6.07) is 17.0. The lowest BCUT2D eigenvalue weighted by Gasteiger charge is -2.15. The molecule has 0 aliphatic heterocycles. The molecule has 21 heavy (non-hydrogen) atoms. The normalized spacial score (nSPS) is 11.6. The third-order valence-corrected chi connectivity index (χ3v) is 3.23. The Morgan fingerprint density at radius 3 is 2.43 bits per heavy atom. The predicted octanol–water partition coefficient (Wildman–Crippen LogP) is 3.15. The molecule has 4 nitrogen and oxygen atoms in total. The number of rotatable bonds is 6. The quantitative estimate of drug-likeness (QED) is 0.854. The molecule has 0 fully saturated rings. The third kappa shape index (κ3) is 4.51. The van der Waals surface area contributed by atoms with Crippen molar-refractivity contribution in [1.29, 1.82) is 5.26 Å². The lowest BCUT2D eigenvalue weighted by atomic mass is 10.1. The molecule has 0 heterocycles. The summed E-state index contributed by atoms with van der Waals surface area (Å²) >= 11 is 0. The first-order valence-corrected chi connectivity index (χ1v) is 6.80. The van der Waals surface area contributed by atoms with E-state index in [1.165, 1.54) is 0 Å². The number of ether oxygens (including phenoxy) is 1. The molecular weight excluding hydrogens is 264 g/mol. The number of phenols is 1. The van der Waals surface area contributed by atoms with Gasteiger partial charge in [0.15, 0.2) is 6.61 Å². The summed E-state index contributed by atoms with van der Waals surface area (Å²) in [5.41, 5.74) is 2.27. The highest BCUT2D eigenvalue weighted by molar-refractivity contribution is 5.29. The maximum atomic E-state index is 9.25. The number of hydrogen-bond acceptors (Lipinski definition) is 4. The summed E-state index contributed by atoms with van der Waals surface area (Å²) in [5.74, 6) is 0.978. The predicted molar refractivity (Wildman–Crippen MR) is 80.9 cm³/mol. The van der Waals surface area contributed by atoms with Crippen molar-refractivity contribution in [2.24, 2.45) is 0 Å². The first-order valence-electron chi connectivity index (χ1n) is 6.80. The summed E-state index contributed by atoms with van der Waals surface area (Å²) in [7, 11) is 0. The summed E-state index contributed by atoms with van der Waals surface area (Å²) in [4.78, 5) is 0. The van der Waals surface area contributed by atoms with Gasteiger partial charge in [0.25, 0.3) is 0 Å². The second kappa shape index (κ2) is 7.32. The van der Waals surface area contributed by atoms with Crippen LogP contribution in [-0.4, -0.2) is 11.7 Å². The lowest BCUT2D eigenvalue weighted by molar-refractivity contribution is 0.368. The molecule has 0 amide bonds. The van der Waals surface area contributed by atoms with E-state index in [0.29, 0.717) is 5.75 Å². The van der Waals surface area contributed by atoms with Crippen LogP contribution in [0, 0.1) is 11.3 Å². The van der Waals surface area contributed by atoms with Gasteiger partial charge in [0, 0.05) is 12.6 Å². The molecule has 0 bridgehead atoms. The van der Waals surface area contributed by atoms with Gasteiger partial charge < -0.3 is 15.2 Å². The largest absolute Gasteiger partial charge is 0.508 e. The van der Waals surface area contributed by atoms with E-state index in [1.54, 1.807) is 12.1 Å². The number of nitrogens with one attached hydrogen (secondary N) is 1. The van der Waals surface area contributed by atoms with Crippen molar-refractivity contribution in [3.8, 4) is 17.6 Å². The molecule has 108 valence electrons. The standard InChI is InChI=1S/C17H18N2O2/c1-13(19-12-14-2-6-16(20)7-3-14)15-4-8-17(9-5-15)21-11-10-18/h2-9,13,19-20H,11-12H2,1H3. The van der Waals surface area contributed by atoms with E-state index in [1.807, 2.05) is 42.5 Å². The van der Waals surface area contributed by atoms with Gasteiger partial charge in [0.05, 0.1) is 0 Å². The van der Waals surface area contributed by atoms with Crippen LogP contribution in [0.2, 0.25) is 0 Å². The molecule has 2 N–H and O–H groups in total. The first-order chi connectivity index (χ1) is 10.2. The second-order valence-electron chi connectivity index (χ2n) is 4.78. The number of aromatic hydroxyl groups is 1. The monoisotopic (exact) mass is 282 g/mol. The molecule has 0 saturated heterocycles. The molecule has 2 aromatic carbocycles. The highest BCUT2D eigenvalue weighted by atomic mass is 16.5. The molecule has 2 aromatic rings. The highest BCUT2D eigenvalue weighted by Crippen LogP contribution is 2.18. The Morgan fingerprint density at radius 1 is 1.14 bits per heavy atom. The summed E-state index contributed by atoms with van der Waals surface area (Å²) in [6.07, 6.45) is 0. The first kappa shape index (κ1) is 14.9. The van der Waals surface area contributed by atoms with E-state index in [-0.39, 0.29) is 18.4 Å². The Kier molecular flexibility index (Phi) is 5.19. The zero-order valence-electron chi connectivity index (χ0n) is 11.9. The zero-order chi connectivity index (χ0) is 15.1. The van der Waals surface area contributed by atoms with E-state index in [2.05, 4.69) is 12.2 Å². The van der Waals surface area contributed by atoms with Crippen LogP contribution < -0.4 is 10.1 Å². The van der Waals surface area contributed by atoms with E-state index < -0.39 is 0 Å². The molecule has 0 saturated carbocycles. The molecule has 0 radical (unpaired) electrons. The van der Waals surface area contributed by atoms with Gasteiger partial charge >= 0.3 is 0 Å². The van der Waals surface area contributed by atoms with Crippen molar-refractivity contribution < 1.29 is 9.84 Å². The van der Waals surface area contributed by atoms with Gasteiger partial charge in [-0.3, -0.25) is 0 Å². The van der Waals surface area contributed by atoms with Crippen LogP contribution in [0.5, 0.6) is 11.5 Å². The topological polar surface area (TPSA) is 65.3 Å². The lowest BCUT2D eigenvalue weighted by Crippen LogP contribution is -2.17. The molecule has 1 atom stereocenters. The van der Waals surface area contributed by atoms with Crippen molar-refractivity contribution in [2.45, 2.75) is 19.5 Å². The van der Waals surface area contributed by atoms with Crippen molar-refractivity contribution >= 4 is 0 Å². The van der Waals surface area contributed by atoms with Crippen molar-refractivity contribution in [2.75, 3.05) is 6.61 Å². The Bertz CT molecular complexity index is 600. The van der Waals surface area contributed by atoms with Crippen LogP contribution in [0.1, 0.15) is 24.1 Å². The van der Waals surface area contributed by atoms with Crippen LogP contribution in [0.25, 0.3) is 0 Å². The Hall–Kier alpha value is -2.51. The van der Waals surface area contributed by atoms with Gasteiger partial charge in [0.1, 0.15) is 17.6 Å². The molecule has 0 aliphatic rings. The van der Waals surface area contributed by atoms with Crippen molar-refractivity contribution in [3.63, 3.8) is 0 Å². The van der Waals surface area contributed by atoms with Crippen LogP contribution in [-0.2, 0) is 6.54 Å². The molecule has 4 heteroatoms. The van der Waals surface area contributed by atoms with Gasteiger partial charge in [-0.2, -0.15) is 5.26 Å². The summed E-state index contributed by atoms with van der Waals surface area (Å²) in [5, 5.41) is 21.1. The van der Waals surface area contributed by atoms with Gasteiger partial charge in [-0.15, -0.1) is 0 Å². The van der Waals surface area contributed by atoms with Gasteiger partial charge in [-0.25, -0.2) is 0 Å². The van der Waals surface area contributed by atoms with E-state index in [4.69, 9.17) is 10.00 Å². The number of benzene rings is 2.